The van der Waals surface area contributed by atoms with Crippen LogP contribution >= 0.6 is 23.2 Å². The minimum atomic E-state index is 0.508. The lowest BCUT2D eigenvalue weighted by Crippen LogP contribution is -2.34. The third kappa shape index (κ3) is 2.62. The fourth-order valence-corrected chi connectivity index (χ4v) is 2.60. The molecule has 0 spiro atoms. The number of hydrogen-bond acceptors (Lipinski definition) is 2. The van der Waals surface area contributed by atoms with E-state index < -0.39 is 0 Å². The molecule has 0 amide bonds. The van der Waals surface area contributed by atoms with Gasteiger partial charge in [-0.05, 0) is 38.1 Å². The predicted molar refractivity (Wildman–Crippen MR) is 70.8 cm³/mol. The van der Waals surface area contributed by atoms with Gasteiger partial charge in [-0.15, -0.1) is 0 Å². The van der Waals surface area contributed by atoms with Crippen LogP contribution in [0.5, 0.6) is 0 Å². The van der Waals surface area contributed by atoms with Crippen molar-refractivity contribution in [3.63, 3.8) is 0 Å². The summed E-state index contributed by atoms with van der Waals surface area (Å²) in [5.74, 6) is 0. The second kappa shape index (κ2) is 5.26. The molecule has 88 valence electrons. The van der Waals surface area contributed by atoms with Gasteiger partial charge in [0, 0.05) is 24.2 Å². The van der Waals surface area contributed by atoms with Crippen LogP contribution in [0.25, 0.3) is 0 Å². The van der Waals surface area contributed by atoms with Gasteiger partial charge in [0.15, 0.2) is 0 Å². The predicted octanol–water partition coefficient (Wildman–Crippen LogP) is 3.18. The van der Waals surface area contributed by atoms with Crippen molar-refractivity contribution in [3.8, 4) is 0 Å². The van der Waals surface area contributed by atoms with Gasteiger partial charge in [0.2, 0.25) is 0 Å². The Hall–Kier alpha value is -0.440. The molecule has 16 heavy (non-hydrogen) atoms. The molecule has 2 nitrogen and oxygen atoms in total. The number of nitrogens with one attached hydrogen (secondary N) is 1. The standard InChI is InChI=1S/C12H16Cl2N2/c1-9-4-5-15-6-7-16(9)12-3-2-10(13)8-11(12)14/h2-3,8-9,15H,4-7H2,1H3. The normalized spacial score (nSPS) is 21.9. The molecule has 1 fully saturated rings. The Kier molecular flexibility index (Phi) is 3.95. The third-order valence-corrected chi connectivity index (χ3v) is 3.56. The first-order chi connectivity index (χ1) is 7.68. The van der Waals surface area contributed by atoms with Crippen molar-refractivity contribution in [1.82, 2.24) is 5.32 Å². The second-order valence-electron chi connectivity index (χ2n) is 4.18. The molecular weight excluding hydrogens is 243 g/mol. The number of hydrogen-bond donors (Lipinski definition) is 1. The summed E-state index contributed by atoms with van der Waals surface area (Å²) in [6.07, 6.45) is 1.14. The van der Waals surface area contributed by atoms with Gasteiger partial charge in [-0.25, -0.2) is 0 Å². The first-order valence-electron chi connectivity index (χ1n) is 5.61. The lowest BCUT2D eigenvalue weighted by Gasteiger charge is -2.29. The summed E-state index contributed by atoms with van der Waals surface area (Å²) in [7, 11) is 0. The van der Waals surface area contributed by atoms with Gasteiger partial charge in [-0.2, -0.15) is 0 Å². The van der Waals surface area contributed by atoms with Crippen LogP contribution in [0, 0.1) is 0 Å². The van der Waals surface area contributed by atoms with Crippen molar-refractivity contribution in [2.24, 2.45) is 0 Å². The summed E-state index contributed by atoms with van der Waals surface area (Å²) in [6.45, 7) is 5.30. The van der Waals surface area contributed by atoms with E-state index in [1.807, 2.05) is 18.2 Å². The van der Waals surface area contributed by atoms with Gasteiger partial charge in [0.25, 0.3) is 0 Å². The van der Waals surface area contributed by atoms with E-state index in [9.17, 15) is 0 Å². The molecule has 0 aromatic heterocycles. The monoisotopic (exact) mass is 258 g/mol. The first kappa shape index (κ1) is 12.0. The van der Waals surface area contributed by atoms with Gasteiger partial charge in [-0.1, -0.05) is 23.2 Å². The molecule has 0 saturated carbocycles. The van der Waals surface area contributed by atoms with E-state index in [1.165, 1.54) is 0 Å². The molecule has 1 N–H and O–H groups in total. The Labute approximate surface area is 107 Å². The topological polar surface area (TPSA) is 15.3 Å². The minimum Gasteiger partial charge on any atom is -0.366 e. The summed E-state index contributed by atoms with van der Waals surface area (Å²) in [5, 5.41) is 4.82. The van der Waals surface area contributed by atoms with E-state index in [-0.39, 0.29) is 0 Å². The highest BCUT2D eigenvalue weighted by Crippen LogP contribution is 2.30. The van der Waals surface area contributed by atoms with Crippen LogP contribution in [-0.4, -0.2) is 25.7 Å². The zero-order chi connectivity index (χ0) is 11.5. The molecule has 2 rings (SSSR count). The van der Waals surface area contributed by atoms with E-state index >= 15 is 0 Å². The summed E-state index contributed by atoms with van der Waals surface area (Å²) in [6, 6.07) is 6.22. The van der Waals surface area contributed by atoms with Crippen molar-refractivity contribution >= 4 is 28.9 Å². The number of rotatable bonds is 1. The maximum Gasteiger partial charge on any atom is 0.0654 e. The van der Waals surface area contributed by atoms with E-state index in [2.05, 4.69) is 17.1 Å². The summed E-state index contributed by atoms with van der Waals surface area (Å²) >= 11 is 12.1. The molecule has 0 aliphatic carbocycles. The van der Waals surface area contributed by atoms with Crippen LogP contribution in [0.3, 0.4) is 0 Å². The molecule has 1 aromatic rings. The maximum atomic E-state index is 6.23. The average molecular weight is 259 g/mol. The van der Waals surface area contributed by atoms with Crippen LogP contribution in [-0.2, 0) is 0 Å². The molecule has 1 atom stereocenters. The van der Waals surface area contributed by atoms with E-state index in [0.29, 0.717) is 11.1 Å². The molecule has 4 heteroatoms. The summed E-state index contributed by atoms with van der Waals surface area (Å²) in [5.41, 5.74) is 1.09. The SMILES string of the molecule is CC1CCNCCN1c1ccc(Cl)cc1Cl. The van der Waals surface area contributed by atoms with Gasteiger partial charge >= 0.3 is 0 Å². The summed E-state index contributed by atoms with van der Waals surface area (Å²) < 4.78 is 0. The second-order valence-corrected chi connectivity index (χ2v) is 5.02. The first-order valence-corrected chi connectivity index (χ1v) is 6.36. The quantitative estimate of drug-likeness (QED) is 0.833. The van der Waals surface area contributed by atoms with Crippen molar-refractivity contribution in [3.05, 3.63) is 28.2 Å². The fourth-order valence-electron chi connectivity index (χ4n) is 2.08. The van der Waals surface area contributed by atoms with Crippen molar-refractivity contribution < 1.29 is 0 Å². The van der Waals surface area contributed by atoms with Crippen LogP contribution in [0.15, 0.2) is 18.2 Å². The Morgan fingerprint density at radius 3 is 2.88 bits per heavy atom. The smallest absolute Gasteiger partial charge is 0.0654 e. The number of anilines is 1. The molecular formula is C12H16Cl2N2. The Balaban J connectivity index is 2.27. The van der Waals surface area contributed by atoms with Crippen molar-refractivity contribution in [1.29, 1.82) is 0 Å². The average Bonchev–Trinajstić information content (AvgIpc) is 2.44. The van der Waals surface area contributed by atoms with Crippen LogP contribution in [0.1, 0.15) is 13.3 Å². The van der Waals surface area contributed by atoms with E-state index in [1.54, 1.807) is 0 Å². The molecule has 1 unspecified atom stereocenters. The molecule has 0 radical (unpaired) electrons. The Bertz CT molecular complexity index is 368. The van der Waals surface area contributed by atoms with E-state index in [4.69, 9.17) is 23.2 Å². The molecule has 1 aromatic carbocycles. The van der Waals surface area contributed by atoms with Crippen LogP contribution in [0.2, 0.25) is 10.0 Å². The van der Waals surface area contributed by atoms with Gasteiger partial charge in [0.1, 0.15) is 0 Å². The van der Waals surface area contributed by atoms with Gasteiger partial charge in [-0.3, -0.25) is 0 Å². The highest BCUT2D eigenvalue weighted by molar-refractivity contribution is 6.36. The Morgan fingerprint density at radius 1 is 1.31 bits per heavy atom. The lowest BCUT2D eigenvalue weighted by molar-refractivity contribution is 0.631. The van der Waals surface area contributed by atoms with Crippen LogP contribution in [0.4, 0.5) is 5.69 Å². The van der Waals surface area contributed by atoms with Crippen molar-refractivity contribution in [2.75, 3.05) is 24.5 Å². The number of nitrogens with zero attached hydrogens (tertiary/aromatic N) is 1. The van der Waals surface area contributed by atoms with E-state index in [0.717, 1.165) is 36.8 Å². The minimum absolute atomic E-state index is 0.508. The fraction of sp³-hybridized carbons (Fsp3) is 0.500. The lowest BCUT2D eigenvalue weighted by atomic mass is 10.2. The van der Waals surface area contributed by atoms with Gasteiger partial charge in [0.05, 0.1) is 10.7 Å². The molecule has 0 bridgehead atoms. The highest BCUT2D eigenvalue weighted by Gasteiger charge is 2.18. The third-order valence-electron chi connectivity index (χ3n) is 3.02. The number of benzene rings is 1. The Morgan fingerprint density at radius 2 is 2.12 bits per heavy atom. The van der Waals surface area contributed by atoms with Gasteiger partial charge < -0.3 is 10.2 Å². The van der Waals surface area contributed by atoms with Crippen LogP contribution < -0.4 is 10.2 Å². The molecule has 1 heterocycles. The zero-order valence-corrected chi connectivity index (χ0v) is 10.9. The largest absolute Gasteiger partial charge is 0.366 e. The highest BCUT2D eigenvalue weighted by atomic mass is 35.5. The maximum absolute atomic E-state index is 6.23. The summed E-state index contributed by atoms with van der Waals surface area (Å²) in [4.78, 5) is 2.35. The molecule has 1 saturated heterocycles. The van der Waals surface area contributed by atoms with Crippen molar-refractivity contribution in [2.45, 2.75) is 19.4 Å². The molecule has 1 aliphatic heterocycles. The molecule has 1 aliphatic rings. The number of halogens is 2. The zero-order valence-electron chi connectivity index (χ0n) is 9.34.